The third kappa shape index (κ3) is 6.27. The zero-order valence-electron chi connectivity index (χ0n) is 17.9. The normalized spacial score (nSPS) is 19.2. The summed E-state index contributed by atoms with van der Waals surface area (Å²) in [6.07, 6.45) is 0.481. The Labute approximate surface area is 189 Å². The molecule has 0 bridgehead atoms. The Kier molecular flexibility index (Phi) is 9.45. The largest absolute Gasteiger partial charge is 0.611 e. The van der Waals surface area contributed by atoms with E-state index in [1.165, 1.54) is 4.90 Å². The van der Waals surface area contributed by atoms with Gasteiger partial charge in [-0.15, -0.1) is 0 Å². The maximum atomic E-state index is 12.9. The number of fused-ring (bicyclic) bond motifs is 1. The number of nitrogens with two attached hydrogens (primary N) is 1. The molecule has 2 unspecified atom stereocenters. The molecule has 3 rings (SSSR count). The predicted molar refractivity (Wildman–Crippen MR) is 115 cm³/mol. The van der Waals surface area contributed by atoms with Gasteiger partial charge in [0.1, 0.15) is 11.8 Å². The Hall–Kier alpha value is -2.02. The van der Waals surface area contributed by atoms with E-state index in [4.69, 9.17) is 19.9 Å². The first kappa shape index (κ1) is 24.6. The number of rotatable bonds is 13. The average molecular weight is 468 g/mol. The number of imide groups is 1. The van der Waals surface area contributed by atoms with Crippen molar-refractivity contribution < 1.29 is 33.1 Å². The Bertz CT molecular complexity index is 823. The Morgan fingerprint density at radius 1 is 1.06 bits per heavy atom. The highest BCUT2D eigenvalue weighted by atomic mass is 32.2. The van der Waals surface area contributed by atoms with Crippen LogP contribution in [0, 0.1) is 0 Å². The first-order valence-corrected chi connectivity index (χ1v) is 11.9. The second-order valence-electron chi connectivity index (χ2n) is 7.36. The van der Waals surface area contributed by atoms with Gasteiger partial charge >= 0.3 is 0 Å². The Balaban J connectivity index is 1.46. The van der Waals surface area contributed by atoms with Crippen LogP contribution in [0.15, 0.2) is 23.1 Å². The van der Waals surface area contributed by atoms with E-state index in [0.717, 1.165) is 0 Å². The molecule has 11 heteroatoms. The van der Waals surface area contributed by atoms with Gasteiger partial charge in [-0.05, 0) is 29.7 Å². The molecular formula is C21H29N3O7S. The Morgan fingerprint density at radius 3 is 2.44 bits per heavy atom. The molecule has 176 valence electrons. The van der Waals surface area contributed by atoms with Crippen molar-refractivity contribution in [1.82, 2.24) is 10.2 Å². The van der Waals surface area contributed by atoms with Crippen LogP contribution in [-0.2, 0) is 41.5 Å². The lowest BCUT2D eigenvalue weighted by atomic mass is 10.0. The number of hydrogen-bond acceptors (Lipinski definition) is 8. The van der Waals surface area contributed by atoms with Gasteiger partial charge in [0.25, 0.3) is 5.91 Å². The van der Waals surface area contributed by atoms with Crippen LogP contribution in [0.2, 0.25) is 0 Å². The van der Waals surface area contributed by atoms with Crippen molar-refractivity contribution >= 4 is 28.9 Å². The van der Waals surface area contributed by atoms with Crippen LogP contribution in [-0.4, -0.2) is 85.2 Å². The monoisotopic (exact) mass is 467 g/mol. The molecule has 2 aliphatic heterocycles. The minimum atomic E-state index is -1.36. The number of hydrogen-bond donors (Lipinski definition) is 2. The molecular weight excluding hydrogens is 438 g/mol. The van der Waals surface area contributed by atoms with Crippen molar-refractivity contribution in [2.75, 3.05) is 51.9 Å². The summed E-state index contributed by atoms with van der Waals surface area (Å²) in [7, 11) is 0. The minimum Gasteiger partial charge on any atom is -0.611 e. The molecule has 0 saturated carbocycles. The molecule has 2 aliphatic rings. The van der Waals surface area contributed by atoms with E-state index in [2.05, 4.69) is 5.32 Å². The van der Waals surface area contributed by atoms with Crippen molar-refractivity contribution in [3.8, 4) is 0 Å². The molecule has 0 radical (unpaired) electrons. The van der Waals surface area contributed by atoms with Crippen molar-refractivity contribution in [3.63, 3.8) is 0 Å². The van der Waals surface area contributed by atoms with Gasteiger partial charge in [-0.1, -0.05) is 6.07 Å². The van der Waals surface area contributed by atoms with Gasteiger partial charge in [-0.2, -0.15) is 0 Å². The fourth-order valence-corrected chi connectivity index (χ4v) is 4.81. The number of piperidine rings is 1. The van der Waals surface area contributed by atoms with Crippen LogP contribution in [0.25, 0.3) is 0 Å². The van der Waals surface area contributed by atoms with Gasteiger partial charge in [0.2, 0.25) is 11.8 Å². The fourth-order valence-electron chi connectivity index (χ4n) is 3.64. The molecule has 0 aromatic heterocycles. The minimum absolute atomic E-state index is 0.192. The number of carbonyl (C=O) groups excluding carboxylic acids is 3. The highest BCUT2D eigenvalue weighted by Crippen LogP contribution is 2.32. The molecule has 10 nitrogen and oxygen atoms in total. The SMILES string of the molecule is NCCOCCOCCOCC[S+]([O-])c1cccc2c1CN(C1CCC(=O)NC1=O)C2=O. The third-order valence-electron chi connectivity index (χ3n) is 5.20. The third-order valence-corrected chi connectivity index (χ3v) is 6.61. The highest BCUT2D eigenvalue weighted by Gasteiger charge is 2.41. The zero-order chi connectivity index (χ0) is 22.9. The summed E-state index contributed by atoms with van der Waals surface area (Å²) in [4.78, 5) is 38.5. The summed E-state index contributed by atoms with van der Waals surface area (Å²) in [5.74, 6) is -0.797. The summed E-state index contributed by atoms with van der Waals surface area (Å²) in [6.45, 7) is 3.20. The second-order valence-corrected chi connectivity index (χ2v) is 8.90. The van der Waals surface area contributed by atoms with Crippen LogP contribution < -0.4 is 11.1 Å². The second kappa shape index (κ2) is 12.3. The van der Waals surface area contributed by atoms with E-state index >= 15 is 0 Å². The van der Waals surface area contributed by atoms with E-state index < -0.39 is 23.1 Å². The van der Waals surface area contributed by atoms with E-state index in [-0.39, 0.29) is 43.6 Å². The summed E-state index contributed by atoms with van der Waals surface area (Å²) in [5, 5.41) is 2.28. The molecule has 1 saturated heterocycles. The maximum Gasteiger partial charge on any atom is 0.255 e. The van der Waals surface area contributed by atoms with Crippen LogP contribution in [0.5, 0.6) is 0 Å². The fraction of sp³-hybridized carbons (Fsp3) is 0.571. The van der Waals surface area contributed by atoms with E-state index in [1.54, 1.807) is 18.2 Å². The first-order valence-electron chi connectivity index (χ1n) is 10.6. The molecule has 0 spiro atoms. The summed E-state index contributed by atoms with van der Waals surface area (Å²) < 4.78 is 28.9. The van der Waals surface area contributed by atoms with Crippen LogP contribution in [0.3, 0.4) is 0 Å². The van der Waals surface area contributed by atoms with Crippen molar-refractivity contribution in [2.24, 2.45) is 5.73 Å². The lowest BCUT2D eigenvalue weighted by molar-refractivity contribution is -0.136. The molecule has 3 N–H and O–H groups in total. The van der Waals surface area contributed by atoms with Gasteiger partial charge in [-0.3, -0.25) is 19.7 Å². The summed E-state index contributed by atoms with van der Waals surface area (Å²) >= 11 is -1.36. The predicted octanol–water partition coefficient (Wildman–Crippen LogP) is -0.436. The number of benzene rings is 1. The standard InChI is InChI=1S/C21H29N3O7S/c22-6-7-29-8-9-30-10-11-31-12-13-32(28)18-3-1-2-15-16(18)14-24(21(15)27)17-4-5-19(25)23-20(17)26/h1-3,17H,4-14,22H2,(H,23,25,26). The number of carbonyl (C=O) groups is 3. The molecule has 0 aliphatic carbocycles. The van der Waals surface area contributed by atoms with E-state index in [0.29, 0.717) is 55.6 Å². The van der Waals surface area contributed by atoms with Crippen molar-refractivity contribution in [3.05, 3.63) is 29.3 Å². The lowest BCUT2D eigenvalue weighted by Gasteiger charge is -2.29. The molecule has 32 heavy (non-hydrogen) atoms. The average Bonchev–Trinajstić information content (AvgIpc) is 3.11. The van der Waals surface area contributed by atoms with Gasteiger partial charge in [0.05, 0.1) is 46.2 Å². The van der Waals surface area contributed by atoms with Gasteiger partial charge in [-0.25, -0.2) is 0 Å². The zero-order valence-corrected chi connectivity index (χ0v) is 18.7. The Morgan fingerprint density at radius 2 is 1.75 bits per heavy atom. The molecule has 2 heterocycles. The summed E-state index contributed by atoms with van der Waals surface area (Å²) in [6, 6.07) is 4.41. The van der Waals surface area contributed by atoms with Crippen molar-refractivity contribution in [2.45, 2.75) is 30.3 Å². The molecule has 1 aromatic rings. The first-order chi connectivity index (χ1) is 15.5. The van der Waals surface area contributed by atoms with Gasteiger partial charge < -0.3 is 29.4 Å². The van der Waals surface area contributed by atoms with Gasteiger partial charge in [0.15, 0.2) is 4.90 Å². The van der Waals surface area contributed by atoms with Crippen LogP contribution in [0.4, 0.5) is 0 Å². The van der Waals surface area contributed by atoms with E-state index in [1.807, 2.05) is 0 Å². The van der Waals surface area contributed by atoms with Crippen LogP contribution in [0.1, 0.15) is 28.8 Å². The molecule has 3 amide bonds. The maximum absolute atomic E-state index is 12.9. The summed E-state index contributed by atoms with van der Waals surface area (Å²) in [5.41, 5.74) is 6.44. The van der Waals surface area contributed by atoms with Crippen molar-refractivity contribution in [1.29, 1.82) is 0 Å². The number of ether oxygens (including phenoxy) is 3. The number of amides is 3. The van der Waals surface area contributed by atoms with E-state index in [9.17, 15) is 18.9 Å². The highest BCUT2D eigenvalue weighted by molar-refractivity contribution is 7.91. The smallest absolute Gasteiger partial charge is 0.255 e. The quantitative estimate of drug-likeness (QED) is 0.226. The van der Waals surface area contributed by atoms with Gasteiger partial charge in [0, 0.05) is 24.1 Å². The van der Waals surface area contributed by atoms with Crippen LogP contribution >= 0.6 is 0 Å². The topological polar surface area (TPSA) is 143 Å². The molecule has 1 fully saturated rings. The number of nitrogens with one attached hydrogen (secondary N) is 1. The lowest BCUT2D eigenvalue weighted by Crippen LogP contribution is -2.52. The number of nitrogens with zero attached hydrogens (tertiary/aromatic N) is 1. The molecule has 2 atom stereocenters. The molecule has 1 aromatic carbocycles.